The van der Waals surface area contributed by atoms with Gasteiger partial charge in [0.05, 0.1) is 5.56 Å². The molecule has 0 saturated heterocycles. The van der Waals surface area contributed by atoms with Crippen LogP contribution in [0.3, 0.4) is 0 Å². The van der Waals surface area contributed by atoms with Crippen LogP contribution >= 0.6 is 0 Å². The van der Waals surface area contributed by atoms with E-state index in [0.29, 0.717) is 6.54 Å². The van der Waals surface area contributed by atoms with Crippen LogP contribution in [0.5, 0.6) is 0 Å². The first-order chi connectivity index (χ1) is 7.35. The molecule has 0 heterocycles. The molecule has 1 aromatic carbocycles. The number of nitrogens with two attached hydrogens (primary N) is 1. The van der Waals surface area contributed by atoms with Crippen LogP contribution in [0.15, 0.2) is 18.2 Å². The van der Waals surface area contributed by atoms with E-state index >= 15 is 0 Å². The Kier molecular flexibility index (Phi) is 3.75. The van der Waals surface area contributed by atoms with Gasteiger partial charge in [0, 0.05) is 6.42 Å². The number of carbonyl (C=O) groups excluding carboxylic acids is 1. The molecule has 0 bridgehead atoms. The van der Waals surface area contributed by atoms with Crippen molar-refractivity contribution in [3.05, 3.63) is 35.4 Å². The third kappa shape index (κ3) is 3.10. The molecule has 1 aromatic rings. The monoisotopic (exact) mass is 227 g/mol. The average Bonchev–Trinajstić information content (AvgIpc) is 2.21. The first kappa shape index (κ1) is 12.8. The standard InChI is InChI=1S/C12H15F2NO/c1-12(2,7-15)6-11(16)9-5-8(13)3-4-10(9)14/h3-5H,6-7,15H2,1-2H3. The Morgan fingerprint density at radius 3 is 2.56 bits per heavy atom. The molecular weight excluding hydrogens is 212 g/mol. The van der Waals surface area contributed by atoms with E-state index in [4.69, 9.17) is 5.73 Å². The number of benzene rings is 1. The smallest absolute Gasteiger partial charge is 0.166 e. The van der Waals surface area contributed by atoms with Crippen molar-refractivity contribution < 1.29 is 13.6 Å². The molecule has 16 heavy (non-hydrogen) atoms. The number of hydrogen-bond acceptors (Lipinski definition) is 2. The summed E-state index contributed by atoms with van der Waals surface area (Å²) in [7, 11) is 0. The zero-order valence-electron chi connectivity index (χ0n) is 9.39. The number of halogens is 2. The number of carbonyl (C=O) groups is 1. The van der Waals surface area contributed by atoms with Crippen LogP contribution in [-0.2, 0) is 0 Å². The van der Waals surface area contributed by atoms with E-state index in [1.807, 2.05) is 13.8 Å². The highest BCUT2D eigenvalue weighted by Gasteiger charge is 2.23. The molecule has 1 rings (SSSR count). The molecule has 4 heteroatoms. The zero-order valence-corrected chi connectivity index (χ0v) is 9.39. The van der Waals surface area contributed by atoms with Crippen molar-refractivity contribution in [3.8, 4) is 0 Å². The van der Waals surface area contributed by atoms with Gasteiger partial charge in [-0.3, -0.25) is 4.79 Å². The summed E-state index contributed by atoms with van der Waals surface area (Å²) in [5, 5.41) is 0. The van der Waals surface area contributed by atoms with E-state index in [1.54, 1.807) is 0 Å². The van der Waals surface area contributed by atoms with Crippen molar-refractivity contribution in [3.63, 3.8) is 0 Å². The summed E-state index contributed by atoms with van der Waals surface area (Å²) in [5.74, 6) is -1.73. The van der Waals surface area contributed by atoms with Gasteiger partial charge < -0.3 is 5.73 Å². The Morgan fingerprint density at radius 1 is 1.38 bits per heavy atom. The van der Waals surface area contributed by atoms with E-state index in [2.05, 4.69) is 0 Å². The van der Waals surface area contributed by atoms with Gasteiger partial charge >= 0.3 is 0 Å². The third-order valence-electron chi connectivity index (χ3n) is 2.42. The molecule has 0 aliphatic heterocycles. The minimum atomic E-state index is -0.695. The van der Waals surface area contributed by atoms with Crippen LogP contribution < -0.4 is 5.73 Å². The molecule has 2 nitrogen and oxygen atoms in total. The number of Topliss-reactive ketones (excluding diaryl/α,β-unsaturated/α-hetero) is 1. The van der Waals surface area contributed by atoms with Crippen molar-refractivity contribution in [1.82, 2.24) is 0 Å². The lowest BCUT2D eigenvalue weighted by Gasteiger charge is -2.21. The van der Waals surface area contributed by atoms with Crippen molar-refractivity contribution in [2.45, 2.75) is 20.3 Å². The molecule has 88 valence electrons. The van der Waals surface area contributed by atoms with E-state index in [1.165, 1.54) is 0 Å². The lowest BCUT2D eigenvalue weighted by molar-refractivity contribution is 0.0930. The summed E-state index contributed by atoms with van der Waals surface area (Å²) in [6.07, 6.45) is 0.101. The Hall–Kier alpha value is -1.29. The summed E-state index contributed by atoms with van der Waals surface area (Å²) in [6.45, 7) is 3.93. The quantitative estimate of drug-likeness (QED) is 0.803. The maximum atomic E-state index is 13.3. The highest BCUT2D eigenvalue weighted by atomic mass is 19.1. The summed E-state index contributed by atoms with van der Waals surface area (Å²) in [4.78, 5) is 11.7. The SMILES string of the molecule is CC(C)(CN)CC(=O)c1cc(F)ccc1F. The predicted octanol–water partition coefficient (Wildman–Crippen LogP) is 2.52. The first-order valence-electron chi connectivity index (χ1n) is 5.04. The minimum absolute atomic E-state index is 0.101. The Bertz CT molecular complexity index is 402. The predicted molar refractivity (Wildman–Crippen MR) is 58.1 cm³/mol. The fourth-order valence-corrected chi connectivity index (χ4v) is 1.31. The molecule has 0 saturated carbocycles. The summed E-state index contributed by atoms with van der Waals surface area (Å²) in [5.41, 5.74) is 4.87. The maximum absolute atomic E-state index is 13.3. The van der Waals surface area contributed by atoms with Crippen molar-refractivity contribution in [2.75, 3.05) is 6.54 Å². The van der Waals surface area contributed by atoms with Crippen LogP contribution in [0.2, 0.25) is 0 Å². The summed E-state index contributed by atoms with van der Waals surface area (Å²) >= 11 is 0. The number of rotatable bonds is 4. The highest BCUT2D eigenvalue weighted by molar-refractivity contribution is 5.96. The van der Waals surface area contributed by atoms with Gasteiger partial charge in [0.25, 0.3) is 0 Å². The van der Waals surface area contributed by atoms with Gasteiger partial charge in [-0.1, -0.05) is 13.8 Å². The normalized spacial score (nSPS) is 11.6. The fraction of sp³-hybridized carbons (Fsp3) is 0.417. The van der Waals surface area contributed by atoms with Crippen LogP contribution in [0, 0.1) is 17.0 Å². The van der Waals surface area contributed by atoms with Crippen molar-refractivity contribution in [1.29, 1.82) is 0 Å². The summed E-state index contributed by atoms with van der Waals surface area (Å²) in [6, 6.07) is 2.86. The Balaban J connectivity index is 2.93. The van der Waals surface area contributed by atoms with Gasteiger partial charge in [-0.25, -0.2) is 8.78 Å². The zero-order chi connectivity index (χ0) is 12.3. The molecule has 0 amide bonds. The fourth-order valence-electron chi connectivity index (χ4n) is 1.31. The largest absolute Gasteiger partial charge is 0.330 e. The maximum Gasteiger partial charge on any atom is 0.166 e. The van der Waals surface area contributed by atoms with Crippen LogP contribution in [0.4, 0.5) is 8.78 Å². The summed E-state index contributed by atoms with van der Waals surface area (Å²) < 4.78 is 26.2. The van der Waals surface area contributed by atoms with Crippen molar-refractivity contribution >= 4 is 5.78 Å². The molecule has 0 unspecified atom stereocenters. The molecule has 0 spiro atoms. The van der Waals surface area contributed by atoms with Gasteiger partial charge in [-0.2, -0.15) is 0 Å². The van der Waals surface area contributed by atoms with Crippen LogP contribution in [0.1, 0.15) is 30.6 Å². The number of hydrogen-bond donors (Lipinski definition) is 1. The van der Waals surface area contributed by atoms with Crippen LogP contribution in [0.25, 0.3) is 0 Å². The Morgan fingerprint density at radius 2 is 2.00 bits per heavy atom. The van der Waals surface area contributed by atoms with Gasteiger partial charge in [-0.15, -0.1) is 0 Å². The Labute approximate surface area is 93.5 Å². The molecule has 0 aliphatic rings. The third-order valence-corrected chi connectivity index (χ3v) is 2.42. The van der Waals surface area contributed by atoms with Gasteiger partial charge in [0.2, 0.25) is 0 Å². The van der Waals surface area contributed by atoms with E-state index in [9.17, 15) is 13.6 Å². The van der Waals surface area contributed by atoms with Crippen molar-refractivity contribution in [2.24, 2.45) is 11.1 Å². The molecule has 2 N–H and O–H groups in total. The van der Waals surface area contributed by atoms with Gasteiger partial charge in [0.1, 0.15) is 11.6 Å². The average molecular weight is 227 g/mol. The van der Waals surface area contributed by atoms with Gasteiger partial charge in [-0.05, 0) is 30.2 Å². The minimum Gasteiger partial charge on any atom is -0.330 e. The highest BCUT2D eigenvalue weighted by Crippen LogP contribution is 2.22. The lowest BCUT2D eigenvalue weighted by atomic mass is 9.85. The molecule has 0 atom stereocenters. The van der Waals surface area contributed by atoms with E-state index in [0.717, 1.165) is 18.2 Å². The number of ketones is 1. The first-order valence-corrected chi connectivity index (χ1v) is 5.04. The molecule has 0 aliphatic carbocycles. The molecule has 0 radical (unpaired) electrons. The van der Waals surface area contributed by atoms with E-state index in [-0.39, 0.29) is 12.0 Å². The van der Waals surface area contributed by atoms with Crippen LogP contribution in [-0.4, -0.2) is 12.3 Å². The topological polar surface area (TPSA) is 43.1 Å². The molecule has 0 fully saturated rings. The van der Waals surface area contributed by atoms with Gasteiger partial charge in [0.15, 0.2) is 5.78 Å². The molecular formula is C12H15F2NO. The lowest BCUT2D eigenvalue weighted by Crippen LogP contribution is -2.27. The van der Waals surface area contributed by atoms with E-state index < -0.39 is 22.8 Å². The second kappa shape index (κ2) is 4.70. The second-order valence-electron chi connectivity index (χ2n) is 4.59. The molecule has 0 aromatic heterocycles. The second-order valence-corrected chi connectivity index (χ2v) is 4.59.